The van der Waals surface area contributed by atoms with Gasteiger partial charge in [0.1, 0.15) is 11.9 Å². The molecule has 2 heterocycles. The number of hydrogen-bond acceptors (Lipinski definition) is 4. The van der Waals surface area contributed by atoms with E-state index in [1.54, 1.807) is 17.0 Å². The molecule has 6 heteroatoms. The minimum Gasteiger partial charge on any atom is -0.467 e. The van der Waals surface area contributed by atoms with E-state index in [1.165, 1.54) is 6.26 Å². The van der Waals surface area contributed by atoms with Crippen molar-refractivity contribution >= 4 is 11.8 Å². The highest BCUT2D eigenvalue weighted by Crippen LogP contribution is 2.20. The first-order valence-corrected chi connectivity index (χ1v) is 8.44. The molecule has 2 amide bonds. The maximum absolute atomic E-state index is 12.9. The summed E-state index contributed by atoms with van der Waals surface area (Å²) in [4.78, 5) is 25.9. The standard InChI is InChI=1S/C19H22N2O4/c22-16(17-7-4-10-25-17)13-21(12-14-5-2-1-3-6-14)19(24)15-8-9-18(23)20-11-15/h1-7,10,15-16,22H,8-9,11-13H2,(H,20,23). The van der Waals surface area contributed by atoms with Gasteiger partial charge in [-0.1, -0.05) is 30.3 Å². The van der Waals surface area contributed by atoms with Gasteiger partial charge in [-0.05, 0) is 24.1 Å². The molecule has 0 radical (unpaired) electrons. The first kappa shape index (κ1) is 17.2. The van der Waals surface area contributed by atoms with Crippen molar-refractivity contribution < 1.29 is 19.1 Å². The van der Waals surface area contributed by atoms with E-state index in [4.69, 9.17) is 4.42 Å². The Morgan fingerprint density at radius 2 is 2.08 bits per heavy atom. The molecule has 2 unspecified atom stereocenters. The maximum Gasteiger partial charge on any atom is 0.227 e. The number of carbonyl (C=O) groups excluding carboxylic acids is 2. The maximum atomic E-state index is 12.9. The zero-order chi connectivity index (χ0) is 17.6. The van der Waals surface area contributed by atoms with E-state index >= 15 is 0 Å². The lowest BCUT2D eigenvalue weighted by molar-refractivity contribution is -0.139. The molecule has 132 valence electrons. The van der Waals surface area contributed by atoms with Gasteiger partial charge in [0.15, 0.2) is 0 Å². The van der Waals surface area contributed by atoms with Crippen molar-refractivity contribution in [2.24, 2.45) is 5.92 Å². The number of furan rings is 1. The molecule has 3 rings (SSSR count). The van der Waals surface area contributed by atoms with Gasteiger partial charge in [-0.3, -0.25) is 9.59 Å². The Labute approximate surface area is 146 Å². The zero-order valence-corrected chi connectivity index (χ0v) is 13.9. The molecule has 0 bridgehead atoms. The highest BCUT2D eigenvalue weighted by Gasteiger charge is 2.30. The molecule has 2 aromatic rings. The molecule has 0 aliphatic carbocycles. The third kappa shape index (κ3) is 4.48. The van der Waals surface area contributed by atoms with Crippen molar-refractivity contribution in [3.63, 3.8) is 0 Å². The Balaban J connectivity index is 1.73. The van der Waals surface area contributed by atoms with Gasteiger partial charge in [-0.15, -0.1) is 0 Å². The predicted molar refractivity (Wildman–Crippen MR) is 91.3 cm³/mol. The lowest BCUT2D eigenvalue weighted by Crippen LogP contribution is -2.45. The SMILES string of the molecule is O=C1CCC(C(=O)N(Cc2ccccc2)CC(O)c2ccco2)CN1. The number of aliphatic hydroxyl groups excluding tert-OH is 1. The highest BCUT2D eigenvalue weighted by molar-refractivity contribution is 5.83. The van der Waals surface area contributed by atoms with Gasteiger partial charge < -0.3 is 19.7 Å². The fraction of sp³-hybridized carbons (Fsp3) is 0.368. The summed E-state index contributed by atoms with van der Waals surface area (Å²) in [5.41, 5.74) is 0.988. The number of piperidine rings is 1. The van der Waals surface area contributed by atoms with Gasteiger partial charge >= 0.3 is 0 Å². The summed E-state index contributed by atoms with van der Waals surface area (Å²) in [5, 5.41) is 13.1. The van der Waals surface area contributed by atoms with Gasteiger partial charge in [-0.2, -0.15) is 0 Å². The highest BCUT2D eigenvalue weighted by atomic mass is 16.4. The largest absolute Gasteiger partial charge is 0.467 e. The van der Waals surface area contributed by atoms with Crippen LogP contribution in [0.4, 0.5) is 0 Å². The van der Waals surface area contributed by atoms with E-state index < -0.39 is 6.10 Å². The first-order chi connectivity index (χ1) is 12.1. The fourth-order valence-electron chi connectivity index (χ4n) is 3.02. The van der Waals surface area contributed by atoms with E-state index in [9.17, 15) is 14.7 Å². The molecule has 0 spiro atoms. The third-order valence-electron chi connectivity index (χ3n) is 4.41. The molecule has 2 N–H and O–H groups in total. The zero-order valence-electron chi connectivity index (χ0n) is 13.9. The molecule has 6 nitrogen and oxygen atoms in total. The van der Waals surface area contributed by atoms with E-state index in [0.717, 1.165) is 5.56 Å². The van der Waals surface area contributed by atoms with Crippen molar-refractivity contribution in [1.29, 1.82) is 0 Å². The molecule has 1 aliphatic heterocycles. The number of benzene rings is 1. The Bertz CT molecular complexity index is 689. The number of hydrogen-bond donors (Lipinski definition) is 2. The average molecular weight is 342 g/mol. The minimum absolute atomic E-state index is 0.0192. The van der Waals surface area contributed by atoms with Crippen LogP contribution in [0.1, 0.15) is 30.3 Å². The monoisotopic (exact) mass is 342 g/mol. The summed E-state index contributed by atoms with van der Waals surface area (Å²) < 4.78 is 5.24. The van der Waals surface area contributed by atoms with Gasteiger partial charge in [0.05, 0.1) is 18.7 Å². The second kappa shape index (κ2) is 7.98. The number of aliphatic hydroxyl groups is 1. The van der Waals surface area contributed by atoms with Crippen LogP contribution < -0.4 is 5.32 Å². The molecule has 1 saturated heterocycles. The van der Waals surface area contributed by atoms with Crippen LogP contribution >= 0.6 is 0 Å². The van der Waals surface area contributed by atoms with Crippen molar-refractivity contribution in [2.45, 2.75) is 25.5 Å². The van der Waals surface area contributed by atoms with E-state index in [1.807, 2.05) is 30.3 Å². The number of nitrogens with zero attached hydrogens (tertiary/aromatic N) is 1. The fourth-order valence-corrected chi connectivity index (χ4v) is 3.02. The molecule has 2 atom stereocenters. The summed E-state index contributed by atoms with van der Waals surface area (Å²) in [6.07, 6.45) is 1.50. The summed E-state index contributed by atoms with van der Waals surface area (Å²) in [6, 6.07) is 13.0. The summed E-state index contributed by atoms with van der Waals surface area (Å²) in [5.74, 6) is 0.0942. The lowest BCUT2D eigenvalue weighted by Gasteiger charge is -2.30. The van der Waals surface area contributed by atoms with Crippen LogP contribution in [0.25, 0.3) is 0 Å². The Kier molecular flexibility index (Phi) is 5.50. The number of amides is 2. The first-order valence-electron chi connectivity index (χ1n) is 8.44. The normalized spacial score (nSPS) is 18.4. The molecule has 25 heavy (non-hydrogen) atoms. The second-order valence-corrected chi connectivity index (χ2v) is 6.28. The van der Waals surface area contributed by atoms with Crippen LogP contribution in [-0.4, -0.2) is 34.9 Å². The molecular formula is C19H22N2O4. The smallest absolute Gasteiger partial charge is 0.227 e. The van der Waals surface area contributed by atoms with E-state index in [2.05, 4.69) is 5.32 Å². The van der Waals surface area contributed by atoms with Crippen molar-refractivity contribution in [2.75, 3.05) is 13.1 Å². The van der Waals surface area contributed by atoms with Crippen LogP contribution in [0.15, 0.2) is 53.1 Å². The van der Waals surface area contributed by atoms with Crippen molar-refractivity contribution in [1.82, 2.24) is 10.2 Å². The second-order valence-electron chi connectivity index (χ2n) is 6.28. The topological polar surface area (TPSA) is 82.8 Å². The molecule has 1 aliphatic rings. The van der Waals surface area contributed by atoms with Crippen molar-refractivity contribution in [3.8, 4) is 0 Å². The van der Waals surface area contributed by atoms with E-state index in [0.29, 0.717) is 31.7 Å². The van der Waals surface area contributed by atoms with Crippen LogP contribution in [0.3, 0.4) is 0 Å². The Morgan fingerprint density at radius 1 is 1.28 bits per heavy atom. The van der Waals surface area contributed by atoms with Crippen molar-refractivity contribution in [3.05, 3.63) is 60.1 Å². The van der Waals surface area contributed by atoms with Crippen LogP contribution in [-0.2, 0) is 16.1 Å². The van der Waals surface area contributed by atoms with E-state index in [-0.39, 0.29) is 24.3 Å². The summed E-state index contributed by atoms with van der Waals surface area (Å²) in [6.45, 7) is 0.896. The number of carbonyl (C=O) groups is 2. The molecule has 0 saturated carbocycles. The predicted octanol–water partition coefficient (Wildman–Crippen LogP) is 1.87. The molecule has 1 aromatic carbocycles. The molecule has 1 fully saturated rings. The van der Waals surface area contributed by atoms with Gasteiger partial charge in [0.2, 0.25) is 11.8 Å². The van der Waals surface area contributed by atoms with Gasteiger partial charge in [-0.25, -0.2) is 0 Å². The van der Waals surface area contributed by atoms with Gasteiger partial charge in [0, 0.05) is 19.5 Å². The molecular weight excluding hydrogens is 320 g/mol. The average Bonchev–Trinajstić information content (AvgIpc) is 3.17. The number of nitrogens with one attached hydrogen (secondary N) is 1. The lowest BCUT2D eigenvalue weighted by atomic mass is 9.97. The molecule has 1 aromatic heterocycles. The summed E-state index contributed by atoms with van der Waals surface area (Å²) in [7, 11) is 0. The Hall–Kier alpha value is -2.60. The minimum atomic E-state index is -0.888. The Morgan fingerprint density at radius 3 is 2.72 bits per heavy atom. The third-order valence-corrected chi connectivity index (χ3v) is 4.41. The summed E-state index contributed by atoms with van der Waals surface area (Å²) >= 11 is 0. The quantitative estimate of drug-likeness (QED) is 0.839. The van der Waals surface area contributed by atoms with Crippen LogP contribution in [0.2, 0.25) is 0 Å². The van der Waals surface area contributed by atoms with Crippen LogP contribution in [0, 0.1) is 5.92 Å². The van der Waals surface area contributed by atoms with Gasteiger partial charge in [0.25, 0.3) is 0 Å². The van der Waals surface area contributed by atoms with Crippen LogP contribution in [0.5, 0.6) is 0 Å². The number of rotatable bonds is 6.